The number of aromatic nitrogens is 6. The first kappa shape index (κ1) is 24.3. The Kier molecular flexibility index (Phi) is 6.57. The number of hydrogen-bond donors (Lipinski definition) is 1. The first-order valence-corrected chi connectivity index (χ1v) is 12.3. The molecule has 0 fully saturated rings. The lowest BCUT2D eigenvalue weighted by Gasteiger charge is -2.20. The number of hydrogen-bond acceptors (Lipinski definition) is 7. The lowest BCUT2D eigenvalue weighted by Crippen LogP contribution is -2.31. The Balaban J connectivity index is 1.79. The lowest BCUT2D eigenvalue weighted by molar-refractivity contribution is 0.564. The van der Waals surface area contributed by atoms with E-state index in [1.807, 2.05) is 6.92 Å². The van der Waals surface area contributed by atoms with E-state index in [9.17, 15) is 17.2 Å². The molecule has 0 aliphatic rings. The summed E-state index contributed by atoms with van der Waals surface area (Å²) in [7, 11) is -4.12. The largest absolute Gasteiger partial charge is 0.253 e. The molecule has 0 aliphatic carbocycles. The molecule has 0 saturated carbocycles. The van der Waals surface area contributed by atoms with Crippen LogP contribution in [0.4, 0.5) is 14.7 Å². The first-order valence-electron chi connectivity index (χ1n) is 10.7. The molecule has 0 amide bonds. The zero-order valence-corrected chi connectivity index (χ0v) is 20.3. The highest BCUT2D eigenvalue weighted by atomic mass is 32.2. The molecule has 12 heteroatoms. The van der Waals surface area contributed by atoms with Crippen LogP contribution in [0.15, 0.2) is 48.8 Å². The van der Waals surface area contributed by atoms with Crippen LogP contribution in [-0.2, 0) is 10.0 Å². The van der Waals surface area contributed by atoms with Crippen molar-refractivity contribution >= 4 is 16.0 Å². The van der Waals surface area contributed by atoms with Gasteiger partial charge in [0.1, 0.15) is 28.8 Å². The Hall–Kier alpha value is -3.80. The number of aryl methyl sites for hydroxylation is 2. The Morgan fingerprint density at radius 1 is 0.943 bits per heavy atom. The third-order valence-electron chi connectivity index (χ3n) is 5.58. The van der Waals surface area contributed by atoms with E-state index in [-0.39, 0.29) is 17.5 Å². The van der Waals surface area contributed by atoms with Gasteiger partial charge in [-0.2, -0.15) is 0 Å². The molecule has 1 aromatic carbocycles. The van der Waals surface area contributed by atoms with Crippen LogP contribution in [0.2, 0.25) is 0 Å². The fourth-order valence-corrected chi connectivity index (χ4v) is 4.67. The minimum Gasteiger partial charge on any atom is -0.253 e. The van der Waals surface area contributed by atoms with Gasteiger partial charge in [0.15, 0.2) is 5.82 Å². The van der Waals surface area contributed by atoms with Gasteiger partial charge in [0.25, 0.3) is 0 Å². The van der Waals surface area contributed by atoms with Crippen LogP contribution in [-0.4, -0.2) is 43.4 Å². The highest BCUT2D eigenvalue weighted by Gasteiger charge is 2.32. The summed E-state index contributed by atoms with van der Waals surface area (Å²) in [4.78, 5) is 12.8. The summed E-state index contributed by atoms with van der Waals surface area (Å²) in [5.41, 5.74) is 1.21. The topological polar surface area (TPSA) is 116 Å². The lowest BCUT2D eigenvalue weighted by atomic mass is 10.1. The zero-order chi connectivity index (χ0) is 25.3. The smallest absolute Gasteiger partial charge is 0.243 e. The maximum absolute atomic E-state index is 14.8. The van der Waals surface area contributed by atoms with E-state index in [0.717, 1.165) is 22.3 Å². The monoisotopic (exact) mass is 499 g/mol. The third-order valence-corrected chi connectivity index (χ3v) is 7.43. The normalized spacial score (nSPS) is 13.4. The molecule has 9 nitrogen and oxygen atoms in total. The summed E-state index contributed by atoms with van der Waals surface area (Å²) in [6.45, 7) is 6.74. The highest BCUT2D eigenvalue weighted by molar-refractivity contribution is 7.93. The van der Waals surface area contributed by atoms with Gasteiger partial charge in [-0.15, -0.1) is 10.2 Å². The summed E-state index contributed by atoms with van der Waals surface area (Å²) in [6.07, 6.45) is 3.20. The Morgan fingerprint density at radius 3 is 2.20 bits per heavy atom. The summed E-state index contributed by atoms with van der Waals surface area (Å²) in [6, 6.07) is 8.35. The van der Waals surface area contributed by atoms with Gasteiger partial charge in [-0.05, 0) is 50.6 Å². The van der Waals surface area contributed by atoms with E-state index in [1.165, 1.54) is 13.0 Å². The third kappa shape index (κ3) is 4.87. The minimum absolute atomic E-state index is 0.0297. The highest BCUT2D eigenvalue weighted by Crippen LogP contribution is 2.30. The maximum atomic E-state index is 14.8. The van der Waals surface area contributed by atoms with Crippen LogP contribution < -0.4 is 4.72 Å². The second kappa shape index (κ2) is 9.45. The molecule has 1 N–H and O–H groups in total. The molecular weight excluding hydrogens is 476 g/mol. The van der Waals surface area contributed by atoms with Crippen molar-refractivity contribution in [2.45, 2.75) is 38.9 Å². The number of pyridine rings is 1. The number of nitrogens with zero attached hydrogens (tertiary/aromatic N) is 6. The van der Waals surface area contributed by atoms with E-state index in [2.05, 4.69) is 29.9 Å². The van der Waals surface area contributed by atoms with Crippen molar-refractivity contribution in [3.8, 4) is 17.2 Å². The van der Waals surface area contributed by atoms with Gasteiger partial charge >= 0.3 is 0 Å². The SMILES string of the molecule is Cc1cnc(C(C)C(C)S(=O)(=O)Nc2nnc(-c3cccc(C)n3)n2-c2c(F)cccc2F)nc1. The number of anilines is 1. The average Bonchev–Trinajstić information content (AvgIpc) is 3.21. The fraction of sp³-hybridized carbons (Fsp3) is 0.261. The van der Waals surface area contributed by atoms with Crippen molar-refractivity contribution < 1.29 is 17.2 Å². The molecule has 2 atom stereocenters. The maximum Gasteiger partial charge on any atom is 0.243 e. The van der Waals surface area contributed by atoms with Crippen LogP contribution >= 0.6 is 0 Å². The van der Waals surface area contributed by atoms with Crippen molar-refractivity contribution in [1.82, 2.24) is 29.7 Å². The van der Waals surface area contributed by atoms with E-state index in [1.54, 1.807) is 44.4 Å². The molecule has 4 rings (SSSR count). The van der Waals surface area contributed by atoms with Gasteiger partial charge in [0, 0.05) is 24.0 Å². The molecule has 0 spiro atoms. The summed E-state index contributed by atoms with van der Waals surface area (Å²) in [5.74, 6) is -2.50. The molecule has 4 aromatic rings. The standard InChI is InChI=1S/C23H23F2N7O2S/c1-13-11-26-21(27-12-13)15(3)16(4)35(33,34)31-23-30-29-22(19-10-5-7-14(2)28-19)32(23)20-17(24)8-6-9-18(20)25/h5-12,15-16H,1-4H3,(H,30,31). The molecule has 0 saturated heterocycles. The number of nitrogens with one attached hydrogen (secondary N) is 1. The van der Waals surface area contributed by atoms with Crippen molar-refractivity contribution in [2.24, 2.45) is 0 Å². The predicted octanol–water partition coefficient (Wildman–Crippen LogP) is 3.95. The van der Waals surface area contributed by atoms with E-state index in [4.69, 9.17) is 0 Å². The van der Waals surface area contributed by atoms with Gasteiger partial charge in [-0.3, -0.25) is 9.29 Å². The zero-order valence-electron chi connectivity index (χ0n) is 19.4. The van der Waals surface area contributed by atoms with E-state index in [0.29, 0.717) is 11.5 Å². The summed E-state index contributed by atoms with van der Waals surface area (Å²) in [5, 5.41) is 6.91. The molecule has 3 heterocycles. The number of benzene rings is 1. The van der Waals surface area contributed by atoms with Crippen molar-refractivity contribution in [2.75, 3.05) is 4.72 Å². The number of rotatable bonds is 7. The number of sulfonamides is 1. The van der Waals surface area contributed by atoms with Crippen LogP contribution in [0, 0.1) is 25.5 Å². The Labute approximate surface area is 201 Å². The Bertz CT molecular complexity index is 1450. The second-order valence-corrected chi connectivity index (χ2v) is 10.2. The van der Waals surface area contributed by atoms with Gasteiger partial charge in [0.05, 0.1) is 5.25 Å². The van der Waals surface area contributed by atoms with Gasteiger partial charge in [-0.25, -0.2) is 32.2 Å². The molecule has 182 valence electrons. The average molecular weight is 500 g/mol. The van der Waals surface area contributed by atoms with Crippen molar-refractivity contribution in [1.29, 1.82) is 0 Å². The summed E-state index contributed by atoms with van der Waals surface area (Å²) < 4.78 is 59.5. The van der Waals surface area contributed by atoms with Crippen LogP contribution in [0.5, 0.6) is 0 Å². The van der Waals surface area contributed by atoms with Gasteiger partial charge < -0.3 is 0 Å². The minimum atomic E-state index is -4.12. The molecule has 2 unspecified atom stereocenters. The van der Waals surface area contributed by atoms with Crippen LogP contribution in [0.25, 0.3) is 17.2 Å². The fourth-order valence-electron chi connectivity index (χ4n) is 3.43. The number of para-hydroxylation sites is 1. The predicted molar refractivity (Wildman–Crippen MR) is 126 cm³/mol. The molecular formula is C23H23F2N7O2S. The molecule has 3 aromatic heterocycles. The van der Waals surface area contributed by atoms with Crippen molar-refractivity contribution in [3.05, 3.63) is 77.5 Å². The van der Waals surface area contributed by atoms with Crippen molar-refractivity contribution in [3.63, 3.8) is 0 Å². The van der Waals surface area contributed by atoms with Gasteiger partial charge in [-0.1, -0.05) is 19.1 Å². The molecule has 0 aliphatic heterocycles. The summed E-state index contributed by atoms with van der Waals surface area (Å²) >= 11 is 0. The van der Waals surface area contributed by atoms with Crippen LogP contribution in [0.3, 0.4) is 0 Å². The Morgan fingerprint density at radius 2 is 1.57 bits per heavy atom. The number of halogens is 2. The van der Waals surface area contributed by atoms with E-state index >= 15 is 0 Å². The first-order chi connectivity index (χ1) is 16.6. The molecule has 35 heavy (non-hydrogen) atoms. The van der Waals surface area contributed by atoms with E-state index < -0.39 is 38.5 Å². The quantitative estimate of drug-likeness (QED) is 0.409. The van der Waals surface area contributed by atoms with Crippen LogP contribution in [0.1, 0.15) is 36.8 Å². The van der Waals surface area contributed by atoms with Gasteiger partial charge in [0.2, 0.25) is 16.0 Å². The molecule has 0 radical (unpaired) electrons. The second-order valence-electron chi connectivity index (χ2n) is 8.18. The molecule has 0 bridgehead atoms.